The lowest BCUT2D eigenvalue weighted by Gasteiger charge is -2.18. The summed E-state index contributed by atoms with van der Waals surface area (Å²) in [6, 6.07) is 9.30. The highest BCUT2D eigenvalue weighted by molar-refractivity contribution is 5.86. The van der Waals surface area contributed by atoms with Gasteiger partial charge in [-0.05, 0) is 30.7 Å². The number of nitrogens with one attached hydrogen (secondary N) is 2. The second kappa shape index (κ2) is 9.88. The molecule has 1 aromatic carbocycles. The molecule has 0 spiro atoms. The summed E-state index contributed by atoms with van der Waals surface area (Å²) in [5.74, 6) is 2.53. The van der Waals surface area contributed by atoms with Crippen molar-refractivity contribution in [1.29, 1.82) is 0 Å². The van der Waals surface area contributed by atoms with Crippen LogP contribution in [-0.2, 0) is 6.54 Å². The van der Waals surface area contributed by atoms with E-state index in [2.05, 4.69) is 32.5 Å². The molecule has 0 unspecified atom stereocenters. The molecule has 2 aromatic heterocycles. The first-order valence-electron chi connectivity index (χ1n) is 9.63. The van der Waals surface area contributed by atoms with Crippen LogP contribution in [0.25, 0.3) is 11.0 Å². The van der Waals surface area contributed by atoms with E-state index in [1.54, 1.807) is 20.4 Å². The van der Waals surface area contributed by atoms with Gasteiger partial charge in [0.25, 0.3) is 0 Å². The number of fused-ring (bicyclic) bond motifs is 1. The summed E-state index contributed by atoms with van der Waals surface area (Å²) in [6.45, 7) is 2.59. The maximum Gasteiger partial charge on any atom is 0.225 e. The first kappa shape index (κ1) is 20.6. The van der Waals surface area contributed by atoms with Gasteiger partial charge in [0.05, 0.1) is 32.4 Å². The molecule has 8 heteroatoms. The van der Waals surface area contributed by atoms with Gasteiger partial charge in [-0.25, -0.2) is 4.98 Å². The third-order valence-corrected chi connectivity index (χ3v) is 4.58. The van der Waals surface area contributed by atoms with Crippen LogP contribution in [0.15, 0.2) is 36.5 Å². The summed E-state index contributed by atoms with van der Waals surface area (Å²) in [5.41, 5.74) is 2.36. The quantitative estimate of drug-likeness (QED) is 0.479. The molecule has 0 aliphatic rings. The summed E-state index contributed by atoms with van der Waals surface area (Å²) >= 11 is 0. The van der Waals surface area contributed by atoms with E-state index >= 15 is 0 Å². The zero-order valence-corrected chi connectivity index (χ0v) is 17.0. The van der Waals surface area contributed by atoms with Gasteiger partial charge in [0.15, 0.2) is 5.82 Å². The molecule has 154 valence electrons. The fourth-order valence-corrected chi connectivity index (χ4v) is 3.07. The number of hydrogen-bond acceptors (Lipinski definition) is 8. The van der Waals surface area contributed by atoms with E-state index < -0.39 is 0 Å². The smallest absolute Gasteiger partial charge is 0.225 e. The molecule has 0 aliphatic carbocycles. The Balaban J connectivity index is 1.86. The van der Waals surface area contributed by atoms with Gasteiger partial charge in [0.1, 0.15) is 17.0 Å². The Morgan fingerprint density at radius 3 is 2.72 bits per heavy atom. The first-order chi connectivity index (χ1) is 14.2. The molecule has 3 rings (SSSR count). The number of nitrogens with zero attached hydrogens (tertiary/aromatic N) is 3. The van der Waals surface area contributed by atoms with Crippen LogP contribution in [0.3, 0.4) is 0 Å². The number of pyridine rings is 1. The second-order valence-electron chi connectivity index (χ2n) is 6.61. The predicted octanol–water partition coefficient (Wildman–Crippen LogP) is 3.23. The highest BCUT2D eigenvalue weighted by atomic mass is 16.5. The number of anilines is 2. The summed E-state index contributed by atoms with van der Waals surface area (Å²) in [5, 5.41) is 16.2. The normalized spacial score (nSPS) is 11.9. The zero-order chi connectivity index (χ0) is 20.6. The van der Waals surface area contributed by atoms with E-state index in [4.69, 9.17) is 9.47 Å². The molecule has 0 radical (unpaired) electrons. The highest BCUT2D eigenvalue weighted by Crippen LogP contribution is 2.26. The minimum absolute atomic E-state index is 0.0258. The van der Waals surface area contributed by atoms with Gasteiger partial charge in [-0.15, -0.1) is 0 Å². The van der Waals surface area contributed by atoms with Crippen LogP contribution in [0, 0.1) is 0 Å². The molecule has 8 nitrogen and oxygen atoms in total. The lowest BCUT2D eigenvalue weighted by molar-refractivity contribution is 0.268. The van der Waals surface area contributed by atoms with Gasteiger partial charge < -0.3 is 25.2 Å². The Morgan fingerprint density at radius 1 is 1.14 bits per heavy atom. The van der Waals surface area contributed by atoms with Crippen molar-refractivity contribution >= 4 is 22.8 Å². The number of rotatable bonds is 10. The molecule has 3 N–H and O–H groups in total. The molecule has 0 saturated carbocycles. The van der Waals surface area contributed by atoms with Crippen molar-refractivity contribution in [2.24, 2.45) is 0 Å². The molecule has 3 aromatic rings. The number of aliphatic hydroxyl groups excluding tert-OH is 1. The fourth-order valence-electron chi connectivity index (χ4n) is 3.07. The minimum atomic E-state index is -0.0883. The van der Waals surface area contributed by atoms with Crippen LogP contribution in [0.2, 0.25) is 0 Å². The van der Waals surface area contributed by atoms with Crippen molar-refractivity contribution in [1.82, 2.24) is 15.0 Å². The zero-order valence-electron chi connectivity index (χ0n) is 17.0. The van der Waals surface area contributed by atoms with Crippen molar-refractivity contribution in [3.05, 3.63) is 42.1 Å². The first-order valence-corrected chi connectivity index (χ1v) is 9.63. The summed E-state index contributed by atoms with van der Waals surface area (Å²) in [6.07, 6.45) is 3.50. The van der Waals surface area contributed by atoms with E-state index in [1.165, 1.54) is 0 Å². The number of aliphatic hydroxyl groups is 1. The van der Waals surface area contributed by atoms with E-state index in [-0.39, 0.29) is 12.6 Å². The van der Waals surface area contributed by atoms with Gasteiger partial charge in [-0.3, -0.25) is 4.98 Å². The average Bonchev–Trinajstić information content (AvgIpc) is 2.77. The third kappa shape index (κ3) is 5.03. The topological polar surface area (TPSA) is 101 Å². The van der Waals surface area contributed by atoms with Gasteiger partial charge in [0.2, 0.25) is 5.95 Å². The fraction of sp³-hybridized carbons (Fsp3) is 0.381. The van der Waals surface area contributed by atoms with Crippen LogP contribution in [0.1, 0.15) is 25.3 Å². The van der Waals surface area contributed by atoms with Gasteiger partial charge in [-0.2, -0.15) is 4.98 Å². The van der Waals surface area contributed by atoms with Gasteiger partial charge >= 0.3 is 0 Å². The number of methoxy groups -OCH3 is 2. The van der Waals surface area contributed by atoms with Crippen molar-refractivity contribution < 1.29 is 14.6 Å². The largest absolute Gasteiger partial charge is 0.497 e. The van der Waals surface area contributed by atoms with Crippen LogP contribution < -0.4 is 20.1 Å². The summed E-state index contributed by atoms with van der Waals surface area (Å²) in [4.78, 5) is 13.6. The maximum absolute atomic E-state index is 9.65. The Hall–Kier alpha value is -3.13. The molecule has 0 bridgehead atoms. The highest BCUT2D eigenvalue weighted by Gasteiger charge is 2.14. The van der Waals surface area contributed by atoms with E-state index in [0.29, 0.717) is 23.8 Å². The van der Waals surface area contributed by atoms with Crippen LogP contribution in [-0.4, -0.2) is 46.9 Å². The standard InChI is InChI=1S/C21H27N5O3/c1-4-6-15(13-27)24-20-19-17(7-5-10-22-19)25-21(26-20)23-12-14-8-9-16(28-2)11-18(14)29-3/h5,7-11,15,27H,4,6,12-13H2,1-3H3,(H2,23,24,25,26)/t15-/m0/s1. The van der Waals surface area contributed by atoms with Crippen molar-refractivity contribution in [3.63, 3.8) is 0 Å². The van der Waals surface area contributed by atoms with Gasteiger partial charge in [0, 0.05) is 24.4 Å². The van der Waals surface area contributed by atoms with Crippen LogP contribution in [0.5, 0.6) is 11.5 Å². The Bertz CT molecular complexity index is 951. The van der Waals surface area contributed by atoms with Crippen molar-refractivity contribution in [2.75, 3.05) is 31.5 Å². The number of benzene rings is 1. The predicted molar refractivity (Wildman–Crippen MR) is 114 cm³/mol. The Morgan fingerprint density at radius 2 is 2.00 bits per heavy atom. The summed E-state index contributed by atoms with van der Waals surface area (Å²) in [7, 11) is 3.25. The van der Waals surface area contributed by atoms with Crippen LogP contribution >= 0.6 is 0 Å². The number of aromatic nitrogens is 3. The van der Waals surface area contributed by atoms with Gasteiger partial charge in [-0.1, -0.05) is 13.3 Å². The third-order valence-electron chi connectivity index (χ3n) is 4.58. The monoisotopic (exact) mass is 397 g/mol. The summed E-state index contributed by atoms with van der Waals surface area (Å²) < 4.78 is 10.7. The molecule has 0 amide bonds. The van der Waals surface area contributed by atoms with Crippen LogP contribution in [0.4, 0.5) is 11.8 Å². The molecular formula is C21H27N5O3. The molecule has 0 aliphatic heterocycles. The van der Waals surface area contributed by atoms with Crippen molar-refractivity contribution in [2.45, 2.75) is 32.4 Å². The number of hydrogen-bond donors (Lipinski definition) is 3. The Labute approximate surface area is 170 Å². The average molecular weight is 397 g/mol. The molecule has 0 fully saturated rings. The second-order valence-corrected chi connectivity index (χ2v) is 6.61. The molecular weight excluding hydrogens is 370 g/mol. The van der Waals surface area contributed by atoms with E-state index in [1.807, 2.05) is 30.3 Å². The Kier molecular flexibility index (Phi) is 7.02. The molecule has 1 atom stereocenters. The number of ether oxygens (including phenoxy) is 2. The molecule has 2 heterocycles. The molecule has 0 saturated heterocycles. The minimum Gasteiger partial charge on any atom is -0.497 e. The van der Waals surface area contributed by atoms with E-state index in [0.717, 1.165) is 35.4 Å². The lowest BCUT2D eigenvalue weighted by atomic mass is 10.2. The lowest BCUT2D eigenvalue weighted by Crippen LogP contribution is -2.24. The maximum atomic E-state index is 9.65. The molecule has 29 heavy (non-hydrogen) atoms. The van der Waals surface area contributed by atoms with Crippen molar-refractivity contribution in [3.8, 4) is 11.5 Å². The van der Waals surface area contributed by atoms with E-state index in [9.17, 15) is 5.11 Å². The SMILES string of the molecule is CCC[C@@H](CO)Nc1nc(NCc2ccc(OC)cc2OC)nc2cccnc12.